The summed E-state index contributed by atoms with van der Waals surface area (Å²) >= 11 is 1.53. The molecular formula is C19H22N4O4S. The minimum atomic E-state index is -0.539. The molecule has 2 amide bonds. The zero-order chi connectivity index (χ0) is 20.7. The maximum absolute atomic E-state index is 12.3. The number of aryl methyl sites for hydroxylation is 1. The highest BCUT2D eigenvalue weighted by atomic mass is 32.2. The summed E-state index contributed by atoms with van der Waals surface area (Å²) in [5.41, 5.74) is 1.32. The Bertz CT molecular complexity index is 888. The molecule has 2 N–H and O–H groups in total. The molecule has 2 rings (SSSR count). The lowest BCUT2D eigenvalue weighted by Crippen LogP contribution is -2.36. The van der Waals surface area contributed by atoms with E-state index in [1.54, 1.807) is 26.1 Å². The van der Waals surface area contributed by atoms with Crippen molar-refractivity contribution in [3.05, 3.63) is 58.1 Å². The molecule has 0 saturated carbocycles. The van der Waals surface area contributed by atoms with Crippen molar-refractivity contribution in [1.82, 2.24) is 4.90 Å². The normalized spacial score (nSPS) is 10.6. The van der Waals surface area contributed by atoms with Crippen molar-refractivity contribution in [1.29, 1.82) is 0 Å². The number of anilines is 2. The third-order valence-electron chi connectivity index (χ3n) is 3.92. The predicted molar refractivity (Wildman–Crippen MR) is 111 cm³/mol. The Hall–Kier alpha value is -2.91. The molecule has 0 bridgehead atoms. The number of rotatable bonds is 8. The molecule has 0 heterocycles. The van der Waals surface area contributed by atoms with Crippen LogP contribution in [0.1, 0.15) is 5.56 Å². The number of benzene rings is 2. The van der Waals surface area contributed by atoms with Gasteiger partial charge in [-0.15, -0.1) is 11.8 Å². The van der Waals surface area contributed by atoms with Gasteiger partial charge in [0.05, 0.1) is 23.7 Å². The summed E-state index contributed by atoms with van der Waals surface area (Å²) in [5, 5.41) is 16.5. The van der Waals surface area contributed by atoms with Crippen LogP contribution in [0.3, 0.4) is 0 Å². The first-order valence-corrected chi connectivity index (χ1v) is 9.69. The first-order chi connectivity index (χ1) is 13.3. The van der Waals surface area contributed by atoms with Gasteiger partial charge in [-0.25, -0.2) is 0 Å². The van der Waals surface area contributed by atoms with Crippen LogP contribution in [0.4, 0.5) is 17.1 Å². The number of thioether (sulfide) groups is 1. The Morgan fingerprint density at radius 1 is 1.07 bits per heavy atom. The van der Waals surface area contributed by atoms with Crippen LogP contribution in [-0.2, 0) is 9.59 Å². The molecule has 0 radical (unpaired) electrons. The number of hydrogen-bond donors (Lipinski definition) is 2. The molecular weight excluding hydrogens is 380 g/mol. The molecule has 0 spiro atoms. The number of amides is 2. The molecule has 0 aromatic heterocycles. The van der Waals surface area contributed by atoms with E-state index < -0.39 is 10.8 Å². The van der Waals surface area contributed by atoms with Gasteiger partial charge < -0.3 is 10.6 Å². The van der Waals surface area contributed by atoms with Crippen molar-refractivity contribution in [2.75, 3.05) is 37.0 Å². The van der Waals surface area contributed by atoms with Gasteiger partial charge in [-0.3, -0.25) is 24.6 Å². The average molecular weight is 402 g/mol. The predicted octanol–water partition coefficient (Wildman–Crippen LogP) is 3.13. The molecule has 0 atom stereocenters. The van der Waals surface area contributed by atoms with Crippen molar-refractivity contribution < 1.29 is 14.5 Å². The van der Waals surface area contributed by atoms with E-state index in [2.05, 4.69) is 10.6 Å². The van der Waals surface area contributed by atoms with Crippen LogP contribution in [0.5, 0.6) is 0 Å². The topological polar surface area (TPSA) is 105 Å². The van der Waals surface area contributed by atoms with Gasteiger partial charge in [0.15, 0.2) is 0 Å². The first kappa shape index (κ1) is 21.4. The Labute approximate surface area is 167 Å². The third kappa shape index (κ3) is 5.80. The number of para-hydroxylation sites is 2. The van der Waals surface area contributed by atoms with Gasteiger partial charge in [-0.2, -0.15) is 0 Å². The quantitative estimate of drug-likeness (QED) is 0.399. The van der Waals surface area contributed by atoms with E-state index >= 15 is 0 Å². The van der Waals surface area contributed by atoms with Crippen LogP contribution in [-0.4, -0.2) is 48.0 Å². The number of nitro groups is 1. The molecule has 9 heteroatoms. The van der Waals surface area contributed by atoms with E-state index in [1.807, 2.05) is 30.5 Å². The zero-order valence-electron chi connectivity index (χ0n) is 15.9. The van der Waals surface area contributed by atoms with Crippen LogP contribution in [0, 0.1) is 17.0 Å². The summed E-state index contributed by atoms with van der Waals surface area (Å²) in [6, 6.07) is 12.0. The van der Waals surface area contributed by atoms with E-state index in [0.717, 1.165) is 4.90 Å². The molecule has 8 nitrogen and oxygen atoms in total. The molecule has 2 aromatic carbocycles. The Kier molecular flexibility index (Phi) is 7.53. The highest BCUT2D eigenvalue weighted by molar-refractivity contribution is 7.98. The number of carbonyl (C=O) groups is 2. The fourth-order valence-electron chi connectivity index (χ4n) is 2.63. The first-order valence-electron chi connectivity index (χ1n) is 8.47. The van der Waals surface area contributed by atoms with Crippen LogP contribution in [0.25, 0.3) is 0 Å². The lowest BCUT2D eigenvalue weighted by Gasteiger charge is -2.17. The smallest absolute Gasteiger partial charge is 0.293 e. The van der Waals surface area contributed by atoms with E-state index in [9.17, 15) is 19.7 Å². The van der Waals surface area contributed by atoms with Gasteiger partial charge in [-0.05, 0) is 37.9 Å². The fourth-order valence-corrected chi connectivity index (χ4v) is 3.18. The summed E-state index contributed by atoms with van der Waals surface area (Å²) in [4.78, 5) is 37.6. The maximum Gasteiger partial charge on any atom is 0.293 e. The molecule has 28 heavy (non-hydrogen) atoms. The van der Waals surface area contributed by atoms with E-state index in [4.69, 9.17) is 0 Å². The molecule has 0 aliphatic heterocycles. The molecule has 0 aliphatic rings. The number of hydrogen-bond acceptors (Lipinski definition) is 6. The van der Waals surface area contributed by atoms with Crippen molar-refractivity contribution >= 4 is 40.6 Å². The Morgan fingerprint density at radius 3 is 2.36 bits per heavy atom. The molecule has 0 fully saturated rings. The van der Waals surface area contributed by atoms with Crippen molar-refractivity contribution in [3.63, 3.8) is 0 Å². The lowest BCUT2D eigenvalue weighted by molar-refractivity contribution is -0.384. The number of nitro benzene ring substituents is 1. The Morgan fingerprint density at radius 2 is 1.71 bits per heavy atom. The Balaban J connectivity index is 1.94. The number of likely N-dealkylation sites (N-methyl/N-ethyl adjacent to an activating group) is 1. The summed E-state index contributed by atoms with van der Waals surface area (Å²) in [7, 11) is 1.63. The summed E-state index contributed by atoms with van der Waals surface area (Å²) in [5.74, 6) is -0.684. The average Bonchev–Trinajstić information content (AvgIpc) is 2.63. The maximum atomic E-state index is 12.3. The van der Waals surface area contributed by atoms with Crippen LogP contribution < -0.4 is 10.6 Å². The van der Waals surface area contributed by atoms with Gasteiger partial charge in [0.1, 0.15) is 5.69 Å². The minimum Gasteiger partial charge on any atom is -0.324 e. The van der Waals surface area contributed by atoms with E-state index in [0.29, 0.717) is 11.3 Å². The highest BCUT2D eigenvalue weighted by Gasteiger charge is 2.19. The monoisotopic (exact) mass is 402 g/mol. The molecule has 2 aromatic rings. The van der Waals surface area contributed by atoms with E-state index in [1.165, 1.54) is 22.7 Å². The zero-order valence-corrected chi connectivity index (χ0v) is 16.7. The molecule has 148 valence electrons. The van der Waals surface area contributed by atoms with E-state index in [-0.39, 0.29) is 30.4 Å². The number of nitrogens with zero attached hydrogens (tertiary/aromatic N) is 2. The van der Waals surface area contributed by atoms with Crippen LogP contribution >= 0.6 is 11.8 Å². The number of nitrogens with one attached hydrogen (secondary N) is 2. The summed E-state index contributed by atoms with van der Waals surface area (Å²) < 4.78 is 0. The summed E-state index contributed by atoms with van der Waals surface area (Å²) in [6.45, 7) is 1.61. The fraction of sp³-hybridized carbons (Fsp3) is 0.263. The minimum absolute atomic E-state index is 0.00595. The molecule has 0 saturated heterocycles. The van der Waals surface area contributed by atoms with Crippen LogP contribution in [0.2, 0.25) is 0 Å². The lowest BCUT2D eigenvalue weighted by atomic mass is 10.1. The van der Waals surface area contributed by atoms with Crippen molar-refractivity contribution in [2.24, 2.45) is 0 Å². The highest BCUT2D eigenvalue weighted by Crippen LogP contribution is 2.27. The molecule has 0 unspecified atom stereocenters. The van der Waals surface area contributed by atoms with Gasteiger partial charge in [0.2, 0.25) is 11.8 Å². The second kappa shape index (κ2) is 9.86. The van der Waals surface area contributed by atoms with Gasteiger partial charge >= 0.3 is 0 Å². The largest absolute Gasteiger partial charge is 0.324 e. The third-order valence-corrected chi connectivity index (χ3v) is 4.72. The van der Waals surface area contributed by atoms with Crippen LogP contribution in [0.15, 0.2) is 47.4 Å². The standard InChI is InChI=1S/C19H22N4O4S/c1-13-7-6-9-15(23(26)27)19(13)21-18(25)12-22(2)11-17(24)20-14-8-4-5-10-16(14)28-3/h4-10H,11-12H2,1-3H3,(H,20,24)(H,21,25). The molecule has 0 aliphatic carbocycles. The van der Waals surface area contributed by atoms with Gasteiger partial charge in [0.25, 0.3) is 5.69 Å². The second-order valence-electron chi connectivity index (χ2n) is 6.20. The van der Waals surface area contributed by atoms with Gasteiger partial charge in [0, 0.05) is 11.0 Å². The van der Waals surface area contributed by atoms with Gasteiger partial charge in [-0.1, -0.05) is 24.3 Å². The number of carbonyl (C=O) groups excluding carboxylic acids is 2. The van der Waals surface area contributed by atoms with Crippen molar-refractivity contribution in [2.45, 2.75) is 11.8 Å². The summed E-state index contributed by atoms with van der Waals surface area (Å²) in [6.07, 6.45) is 1.92. The SMILES string of the molecule is CSc1ccccc1NC(=O)CN(C)CC(=O)Nc1c(C)cccc1[N+](=O)[O-]. The second-order valence-corrected chi connectivity index (χ2v) is 7.04. The van der Waals surface area contributed by atoms with Crippen molar-refractivity contribution in [3.8, 4) is 0 Å².